The summed E-state index contributed by atoms with van der Waals surface area (Å²) in [6, 6.07) is 7.73. The van der Waals surface area contributed by atoms with Crippen LogP contribution in [0.4, 0.5) is 4.79 Å². The van der Waals surface area contributed by atoms with Gasteiger partial charge in [-0.15, -0.1) is 0 Å². The first kappa shape index (κ1) is 16.6. The summed E-state index contributed by atoms with van der Waals surface area (Å²) in [5.41, 5.74) is 0.579. The van der Waals surface area contributed by atoms with Gasteiger partial charge >= 0.3 is 6.09 Å². The number of likely N-dealkylation sites (tertiary alicyclic amines) is 1. The highest BCUT2D eigenvalue weighted by Gasteiger charge is 2.33. The van der Waals surface area contributed by atoms with Crippen LogP contribution in [0.2, 0.25) is 0 Å². The molecule has 2 rings (SSSR count). The fourth-order valence-electron chi connectivity index (χ4n) is 2.40. The van der Waals surface area contributed by atoms with Gasteiger partial charge in [0.1, 0.15) is 23.6 Å². The highest BCUT2D eigenvalue weighted by Crippen LogP contribution is 2.21. The third-order valence-electron chi connectivity index (χ3n) is 3.45. The predicted octanol–water partition coefficient (Wildman–Crippen LogP) is 2.74. The quantitative estimate of drug-likeness (QED) is 0.912. The highest BCUT2D eigenvalue weighted by atomic mass is 16.6. The molecule has 22 heavy (non-hydrogen) atoms. The summed E-state index contributed by atoms with van der Waals surface area (Å²) < 4.78 is 11.2. The summed E-state index contributed by atoms with van der Waals surface area (Å²) >= 11 is 0. The lowest BCUT2D eigenvalue weighted by molar-refractivity contribution is -0.0374. The SMILES string of the molecule is Cc1cccc(O[C@H]2CCN(C(=O)OC(C)(C)C)C[C@@H]2O)c1. The van der Waals surface area contributed by atoms with Crippen molar-refractivity contribution in [1.29, 1.82) is 0 Å². The number of aryl methyl sites for hydroxylation is 1. The normalized spacial score (nSPS) is 22.3. The number of ether oxygens (including phenoxy) is 2. The van der Waals surface area contributed by atoms with E-state index < -0.39 is 11.7 Å². The van der Waals surface area contributed by atoms with Crippen molar-refractivity contribution in [3.8, 4) is 5.75 Å². The molecule has 5 nitrogen and oxygen atoms in total. The Hall–Kier alpha value is -1.75. The first-order valence-corrected chi connectivity index (χ1v) is 7.64. The Morgan fingerprint density at radius 2 is 2.09 bits per heavy atom. The summed E-state index contributed by atoms with van der Waals surface area (Å²) in [6.45, 7) is 8.22. The molecule has 1 aliphatic rings. The van der Waals surface area contributed by atoms with E-state index >= 15 is 0 Å². The molecule has 2 atom stereocenters. The van der Waals surface area contributed by atoms with Crippen LogP contribution in [0.3, 0.4) is 0 Å². The molecule has 1 heterocycles. The van der Waals surface area contributed by atoms with E-state index in [1.807, 2.05) is 52.0 Å². The molecule has 0 unspecified atom stereocenters. The molecule has 122 valence electrons. The van der Waals surface area contributed by atoms with Gasteiger partial charge < -0.3 is 19.5 Å². The van der Waals surface area contributed by atoms with E-state index in [1.165, 1.54) is 4.90 Å². The first-order valence-electron chi connectivity index (χ1n) is 7.64. The molecule has 0 bridgehead atoms. The van der Waals surface area contributed by atoms with Crippen molar-refractivity contribution in [2.75, 3.05) is 13.1 Å². The summed E-state index contributed by atoms with van der Waals surface area (Å²) in [5, 5.41) is 10.2. The van der Waals surface area contributed by atoms with Crippen LogP contribution in [0.15, 0.2) is 24.3 Å². The van der Waals surface area contributed by atoms with Crippen molar-refractivity contribution in [3.63, 3.8) is 0 Å². The van der Waals surface area contributed by atoms with Gasteiger partial charge in [0.05, 0.1) is 6.54 Å². The summed E-state index contributed by atoms with van der Waals surface area (Å²) in [5.74, 6) is 0.745. The maximum atomic E-state index is 12.0. The second-order valence-corrected chi connectivity index (χ2v) is 6.76. The molecule has 0 radical (unpaired) electrons. The van der Waals surface area contributed by atoms with Gasteiger partial charge in [-0.1, -0.05) is 12.1 Å². The number of piperidine rings is 1. The zero-order chi connectivity index (χ0) is 16.3. The van der Waals surface area contributed by atoms with Crippen molar-refractivity contribution in [1.82, 2.24) is 4.90 Å². The number of aliphatic hydroxyl groups excluding tert-OH is 1. The number of amides is 1. The van der Waals surface area contributed by atoms with Crippen LogP contribution in [-0.2, 0) is 4.74 Å². The number of hydrogen-bond acceptors (Lipinski definition) is 4. The van der Waals surface area contributed by atoms with E-state index in [1.54, 1.807) is 0 Å². The average molecular weight is 307 g/mol. The molecule has 1 amide bonds. The first-order chi connectivity index (χ1) is 10.2. The maximum Gasteiger partial charge on any atom is 0.410 e. The van der Waals surface area contributed by atoms with E-state index in [4.69, 9.17) is 9.47 Å². The highest BCUT2D eigenvalue weighted by molar-refractivity contribution is 5.68. The van der Waals surface area contributed by atoms with Crippen LogP contribution in [0, 0.1) is 6.92 Å². The van der Waals surface area contributed by atoms with Gasteiger partial charge in [0.25, 0.3) is 0 Å². The van der Waals surface area contributed by atoms with Gasteiger partial charge in [-0.3, -0.25) is 0 Å². The van der Waals surface area contributed by atoms with Crippen molar-refractivity contribution < 1.29 is 19.4 Å². The van der Waals surface area contributed by atoms with Crippen LogP contribution in [0.5, 0.6) is 5.75 Å². The lowest BCUT2D eigenvalue weighted by Gasteiger charge is -2.36. The van der Waals surface area contributed by atoms with E-state index in [0.717, 1.165) is 11.3 Å². The smallest absolute Gasteiger partial charge is 0.410 e. The number of nitrogens with zero attached hydrogens (tertiary/aromatic N) is 1. The summed E-state index contributed by atoms with van der Waals surface area (Å²) in [7, 11) is 0. The van der Waals surface area contributed by atoms with Gasteiger partial charge in [0.2, 0.25) is 0 Å². The van der Waals surface area contributed by atoms with Crippen molar-refractivity contribution in [2.24, 2.45) is 0 Å². The minimum absolute atomic E-state index is 0.228. The molecule has 0 saturated carbocycles. The van der Waals surface area contributed by atoms with Crippen LogP contribution in [0.1, 0.15) is 32.8 Å². The van der Waals surface area contributed by atoms with Gasteiger partial charge in [-0.05, 0) is 45.4 Å². The standard InChI is InChI=1S/C17H25NO4/c1-12-6-5-7-13(10-12)21-15-8-9-18(11-14(15)19)16(20)22-17(2,3)4/h5-7,10,14-15,19H,8-9,11H2,1-4H3/t14-,15-/m0/s1. The summed E-state index contributed by atoms with van der Waals surface area (Å²) in [6.07, 6.45) is -0.836. The summed E-state index contributed by atoms with van der Waals surface area (Å²) in [4.78, 5) is 13.6. The van der Waals surface area contributed by atoms with Gasteiger partial charge in [-0.2, -0.15) is 0 Å². The van der Waals surface area contributed by atoms with E-state index in [-0.39, 0.29) is 18.7 Å². The Kier molecular flexibility index (Phi) is 4.96. The fourth-order valence-corrected chi connectivity index (χ4v) is 2.40. The third kappa shape index (κ3) is 4.63. The van der Waals surface area contributed by atoms with Crippen molar-refractivity contribution >= 4 is 6.09 Å². The van der Waals surface area contributed by atoms with Crippen LogP contribution in [0.25, 0.3) is 0 Å². The van der Waals surface area contributed by atoms with E-state index in [2.05, 4.69) is 0 Å². The second-order valence-electron chi connectivity index (χ2n) is 6.76. The number of carbonyl (C=O) groups is 1. The zero-order valence-electron chi connectivity index (χ0n) is 13.7. The number of carbonyl (C=O) groups excluding carboxylic acids is 1. The molecule has 0 spiro atoms. The number of aliphatic hydroxyl groups is 1. The Bertz CT molecular complexity index is 524. The van der Waals surface area contributed by atoms with Crippen LogP contribution >= 0.6 is 0 Å². The molecule has 1 aliphatic heterocycles. The molecule has 0 aliphatic carbocycles. The van der Waals surface area contributed by atoms with E-state index in [0.29, 0.717) is 13.0 Å². The molecule has 1 N–H and O–H groups in total. The Balaban J connectivity index is 1.91. The number of benzene rings is 1. The zero-order valence-corrected chi connectivity index (χ0v) is 13.7. The van der Waals surface area contributed by atoms with Gasteiger partial charge in [0.15, 0.2) is 0 Å². The molecule has 1 aromatic rings. The Morgan fingerprint density at radius 1 is 1.36 bits per heavy atom. The largest absolute Gasteiger partial charge is 0.488 e. The van der Waals surface area contributed by atoms with Crippen molar-refractivity contribution in [3.05, 3.63) is 29.8 Å². The number of β-amino-alcohol motifs (C(OH)–C–C–N with tert-alkyl or cyclic N) is 1. The van der Waals surface area contributed by atoms with Gasteiger partial charge in [-0.25, -0.2) is 4.79 Å². The monoisotopic (exact) mass is 307 g/mol. The molecular weight excluding hydrogens is 282 g/mol. The Morgan fingerprint density at radius 3 is 2.68 bits per heavy atom. The van der Waals surface area contributed by atoms with E-state index in [9.17, 15) is 9.90 Å². The average Bonchev–Trinajstić information content (AvgIpc) is 2.39. The fraction of sp³-hybridized carbons (Fsp3) is 0.588. The number of hydrogen-bond donors (Lipinski definition) is 1. The predicted molar refractivity (Wildman–Crippen MR) is 84.0 cm³/mol. The third-order valence-corrected chi connectivity index (χ3v) is 3.45. The minimum atomic E-state index is -0.721. The lowest BCUT2D eigenvalue weighted by atomic mass is 10.1. The molecule has 5 heteroatoms. The maximum absolute atomic E-state index is 12.0. The minimum Gasteiger partial charge on any atom is -0.488 e. The van der Waals surface area contributed by atoms with Crippen LogP contribution < -0.4 is 4.74 Å². The molecule has 1 fully saturated rings. The van der Waals surface area contributed by atoms with Crippen molar-refractivity contribution in [2.45, 2.75) is 51.9 Å². The van der Waals surface area contributed by atoms with Gasteiger partial charge in [0, 0.05) is 13.0 Å². The molecule has 0 aromatic heterocycles. The molecule has 1 saturated heterocycles. The Labute approximate surface area is 131 Å². The molecular formula is C17H25NO4. The number of rotatable bonds is 2. The molecule has 1 aromatic carbocycles. The lowest BCUT2D eigenvalue weighted by Crippen LogP contribution is -2.52. The topological polar surface area (TPSA) is 59.0 Å². The second kappa shape index (κ2) is 6.57. The van der Waals surface area contributed by atoms with Crippen LogP contribution in [-0.4, -0.2) is 47.0 Å².